The Morgan fingerprint density at radius 2 is 1.59 bits per heavy atom. The van der Waals surface area contributed by atoms with E-state index in [9.17, 15) is 9.59 Å². The van der Waals surface area contributed by atoms with E-state index >= 15 is 0 Å². The van der Waals surface area contributed by atoms with E-state index in [2.05, 4.69) is 88.1 Å². The molecule has 5 aromatic rings. The fourth-order valence-corrected chi connectivity index (χ4v) is 8.16. The Balaban J connectivity index is 0.734. The zero-order chi connectivity index (χ0) is 34.3. The molecular weight excluding hydrogens is 640 g/mol. The summed E-state index contributed by atoms with van der Waals surface area (Å²) < 4.78 is 4.23. The number of nitrogens with zero attached hydrogens (tertiary/aromatic N) is 8. The van der Waals surface area contributed by atoms with Gasteiger partial charge in [0.2, 0.25) is 11.8 Å². The van der Waals surface area contributed by atoms with Gasteiger partial charge in [-0.1, -0.05) is 24.3 Å². The standard InChI is InChI=1S/C39H44N10O2/c50-36-10-9-34(39(51)44-36)28-5-7-32(8-6-28)47-21-19-46(20-22-47)18-17-45-14-11-33(12-15-45)49-26-31(24-42-49)43-37-38-40-13-16-48(38)35(25-41-37)30-4-2-27-1-3-29(27)23-30/h2,4-8,13,16,23-26,33-34H,1,3,9-12,14-15,17-22H2,(H,41,43)(H,44,50,51). The summed E-state index contributed by atoms with van der Waals surface area (Å²) in [6, 6.07) is 15.5. The van der Waals surface area contributed by atoms with Crippen molar-refractivity contribution >= 4 is 34.7 Å². The number of fused-ring (bicyclic) bond motifs is 2. The molecule has 3 aromatic heterocycles. The van der Waals surface area contributed by atoms with E-state index in [0.29, 0.717) is 18.9 Å². The molecule has 12 heteroatoms. The number of rotatable bonds is 9. The smallest absolute Gasteiger partial charge is 0.234 e. The van der Waals surface area contributed by atoms with Crippen LogP contribution < -0.4 is 15.5 Å². The van der Waals surface area contributed by atoms with E-state index in [-0.39, 0.29) is 17.7 Å². The van der Waals surface area contributed by atoms with Crippen LogP contribution in [0.3, 0.4) is 0 Å². The highest BCUT2D eigenvalue weighted by atomic mass is 16.2. The number of hydrogen-bond acceptors (Lipinski definition) is 9. The van der Waals surface area contributed by atoms with Crippen molar-refractivity contribution in [2.24, 2.45) is 0 Å². The molecule has 1 atom stereocenters. The highest BCUT2D eigenvalue weighted by Gasteiger charge is 2.28. The van der Waals surface area contributed by atoms with Crippen molar-refractivity contribution in [1.29, 1.82) is 0 Å². The van der Waals surface area contributed by atoms with E-state index in [1.807, 2.05) is 24.8 Å². The van der Waals surface area contributed by atoms with Gasteiger partial charge in [-0.15, -0.1) is 0 Å². The average molecular weight is 685 g/mol. The number of benzene rings is 2. The minimum Gasteiger partial charge on any atom is -0.369 e. The Hall–Kier alpha value is -5.07. The second kappa shape index (κ2) is 13.6. The molecule has 9 rings (SSSR count). The van der Waals surface area contributed by atoms with Gasteiger partial charge in [0.05, 0.1) is 35.7 Å². The summed E-state index contributed by atoms with van der Waals surface area (Å²) in [5.74, 6) is 0.146. The van der Waals surface area contributed by atoms with Crippen LogP contribution in [-0.4, -0.2) is 98.1 Å². The predicted octanol–water partition coefficient (Wildman–Crippen LogP) is 4.41. The minimum absolute atomic E-state index is 0.171. The molecule has 0 saturated carbocycles. The SMILES string of the molecule is O=C1CCC(c2ccc(N3CCN(CCN4CCC(n5cc(Nc6ncc(-c7ccc8c(c7)CC8)n7ccnc67)cn5)CC4)CC3)cc2)C(=O)N1. The van der Waals surface area contributed by atoms with Crippen LogP contribution >= 0.6 is 0 Å². The largest absolute Gasteiger partial charge is 0.369 e. The van der Waals surface area contributed by atoms with Gasteiger partial charge >= 0.3 is 0 Å². The molecule has 6 heterocycles. The van der Waals surface area contributed by atoms with Gasteiger partial charge in [0.1, 0.15) is 0 Å². The van der Waals surface area contributed by atoms with Crippen molar-refractivity contribution in [3.05, 3.63) is 90.1 Å². The van der Waals surface area contributed by atoms with Gasteiger partial charge in [0.25, 0.3) is 0 Å². The lowest BCUT2D eigenvalue weighted by molar-refractivity contribution is -0.134. The number of carbonyl (C=O) groups is 2. The second-order valence-corrected chi connectivity index (χ2v) is 14.4. The number of amides is 2. The number of aromatic nitrogens is 5. The molecular formula is C39H44N10O2. The molecule has 12 nitrogen and oxygen atoms in total. The van der Waals surface area contributed by atoms with Crippen LogP contribution in [0.2, 0.25) is 0 Å². The first kappa shape index (κ1) is 31.9. The lowest BCUT2D eigenvalue weighted by Crippen LogP contribution is -2.49. The highest BCUT2D eigenvalue weighted by molar-refractivity contribution is 6.01. The van der Waals surface area contributed by atoms with E-state index in [1.54, 1.807) is 0 Å². The molecule has 51 heavy (non-hydrogen) atoms. The van der Waals surface area contributed by atoms with Gasteiger partial charge in [-0.05, 0) is 67.0 Å². The summed E-state index contributed by atoms with van der Waals surface area (Å²) in [6.45, 7) is 8.42. The van der Waals surface area contributed by atoms with Gasteiger partial charge in [-0.2, -0.15) is 5.10 Å². The Morgan fingerprint density at radius 1 is 0.804 bits per heavy atom. The van der Waals surface area contributed by atoms with Crippen LogP contribution in [0.15, 0.2) is 73.4 Å². The number of likely N-dealkylation sites (tertiary alicyclic amines) is 1. The van der Waals surface area contributed by atoms with Gasteiger partial charge in [-0.3, -0.25) is 28.9 Å². The maximum absolute atomic E-state index is 12.3. The van der Waals surface area contributed by atoms with Crippen LogP contribution in [-0.2, 0) is 22.4 Å². The summed E-state index contributed by atoms with van der Waals surface area (Å²) in [5, 5.41) is 10.7. The third-order valence-corrected chi connectivity index (χ3v) is 11.4. The lowest BCUT2D eigenvalue weighted by atomic mass is 9.87. The van der Waals surface area contributed by atoms with Crippen LogP contribution in [0.1, 0.15) is 54.3 Å². The summed E-state index contributed by atoms with van der Waals surface area (Å²) in [7, 11) is 0. The first-order chi connectivity index (χ1) is 25.0. The Kier molecular flexibility index (Phi) is 8.48. The zero-order valence-corrected chi connectivity index (χ0v) is 28.9. The minimum atomic E-state index is -0.232. The van der Waals surface area contributed by atoms with Crippen molar-refractivity contribution in [3.63, 3.8) is 0 Å². The number of aryl methyl sites for hydroxylation is 2. The Morgan fingerprint density at radius 3 is 2.33 bits per heavy atom. The average Bonchev–Trinajstić information content (AvgIpc) is 3.83. The maximum atomic E-state index is 12.3. The van der Waals surface area contributed by atoms with Gasteiger partial charge in [0, 0.05) is 88.6 Å². The molecule has 3 fully saturated rings. The first-order valence-electron chi connectivity index (χ1n) is 18.4. The molecule has 2 amide bonds. The molecule has 0 radical (unpaired) electrons. The molecule has 2 aromatic carbocycles. The van der Waals surface area contributed by atoms with Crippen molar-refractivity contribution < 1.29 is 9.59 Å². The van der Waals surface area contributed by atoms with Crippen molar-refractivity contribution in [3.8, 4) is 11.3 Å². The van der Waals surface area contributed by atoms with Crippen LogP contribution in [0.25, 0.3) is 16.9 Å². The van der Waals surface area contributed by atoms with Crippen LogP contribution in [0.5, 0.6) is 0 Å². The van der Waals surface area contributed by atoms with Crippen LogP contribution in [0.4, 0.5) is 17.2 Å². The summed E-state index contributed by atoms with van der Waals surface area (Å²) in [6.07, 6.45) is 15.3. The van der Waals surface area contributed by atoms with E-state index < -0.39 is 0 Å². The molecule has 3 aliphatic heterocycles. The van der Waals surface area contributed by atoms with E-state index in [4.69, 9.17) is 10.1 Å². The summed E-state index contributed by atoms with van der Waals surface area (Å²) >= 11 is 0. The monoisotopic (exact) mass is 684 g/mol. The second-order valence-electron chi connectivity index (χ2n) is 14.4. The third-order valence-electron chi connectivity index (χ3n) is 11.4. The number of nitrogens with one attached hydrogen (secondary N) is 2. The fourth-order valence-electron chi connectivity index (χ4n) is 8.16. The quantitative estimate of drug-likeness (QED) is 0.218. The normalized spacial score (nSPS) is 20.3. The number of anilines is 3. The maximum Gasteiger partial charge on any atom is 0.234 e. The fraction of sp³-hybridized carbons (Fsp3) is 0.410. The predicted molar refractivity (Wildman–Crippen MR) is 196 cm³/mol. The molecule has 0 bridgehead atoms. The van der Waals surface area contributed by atoms with E-state index in [0.717, 1.165) is 100 Å². The Labute approximate surface area is 297 Å². The molecule has 4 aliphatic rings. The molecule has 1 unspecified atom stereocenters. The summed E-state index contributed by atoms with van der Waals surface area (Å²) in [5.41, 5.74) is 9.02. The molecule has 2 N–H and O–H groups in total. The lowest BCUT2D eigenvalue weighted by Gasteiger charge is -2.38. The number of piperidine rings is 2. The molecule has 262 valence electrons. The number of carbonyl (C=O) groups excluding carboxylic acids is 2. The van der Waals surface area contributed by atoms with Gasteiger partial charge in [0.15, 0.2) is 11.5 Å². The zero-order valence-electron chi connectivity index (χ0n) is 28.9. The van der Waals surface area contributed by atoms with Crippen molar-refractivity contribution in [1.82, 2.24) is 39.3 Å². The number of imide groups is 1. The Bertz CT molecular complexity index is 2050. The third kappa shape index (κ3) is 6.49. The van der Waals surface area contributed by atoms with Crippen molar-refractivity contribution in [2.75, 3.05) is 62.6 Å². The number of piperazine rings is 1. The number of imidazole rings is 1. The number of hydrogen-bond donors (Lipinski definition) is 2. The topological polar surface area (TPSA) is 116 Å². The molecule has 0 spiro atoms. The highest BCUT2D eigenvalue weighted by Crippen LogP contribution is 2.32. The van der Waals surface area contributed by atoms with Crippen molar-refractivity contribution in [2.45, 2.75) is 50.5 Å². The van der Waals surface area contributed by atoms with Gasteiger partial charge in [-0.25, -0.2) is 9.97 Å². The summed E-state index contributed by atoms with van der Waals surface area (Å²) in [4.78, 5) is 40.8. The molecule has 1 aliphatic carbocycles. The first-order valence-corrected chi connectivity index (χ1v) is 18.4. The van der Waals surface area contributed by atoms with E-state index in [1.165, 1.54) is 28.8 Å². The van der Waals surface area contributed by atoms with Crippen LogP contribution in [0, 0.1) is 0 Å². The molecule has 3 saturated heterocycles. The van der Waals surface area contributed by atoms with Gasteiger partial charge < -0.3 is 15.1 Å².